The highest BCUT2D eigenvalue weighted by Crippen LogP contribution is 2.29. The molecule has 1 N–H and O–H groups in total. The highest BCUT2D eigenvalue weighted by molar-refractivity contribution is 5.96. The number of nitrogens with zero attached hydrogens (tertiary/aromatic N) is 1. The summed E-state index contributed by atoms with van der Waals surface area (Å²) in [6.07, 6.45) is -4.58. The second kappa shape index (κ2) is 7.63. The molecule has 23 heavy (non-hydrogen) atoms. The molecule has 124 valence electrons. The Hall–Kier alpha value is -2.56. The molecule has 1 aromatic carbocycles. The zero-order valence-electron chi connectivity index (χ0n) is 12.5. The number of amides is 1. The van der Waals surface area contributed by atoms with E-state index in [1.165, 1.54) is 6.07 Å². The predicted octanol–water partition coefficient (Wildman–Crippen LogP) is 2.53. The molecule has 0 aliphatic heterocycles. The molecular formula is C15H15F3N2O3. The average Bonchev–Trinajstić information content (AvgIpc) is 2.52. The van der Waals surface area contributed by atoms with Crippen molar-refractivity contribution in [1.82, 2.24) is 5.32 Å². The summed E-state index contributed by atoms with van der Waals surface area (Å²) in [6.45, 7) is 1.55. The summed E-state index contributed by atoms with van der Waals surface area (Å²) in [5, 5.41) is 11.1. The van der Waals surface area contributed by atoms with Gasteiger partial charge in [0.2, 0.25) is 0 Å². The van der Waals surface area contributed by atoms with Crippen LogP contribution < -0.4 is 5.32 Å². The highest BCUT2D eigenvalue weighted by atomic mass is 19.4. The third-order valence-corrected chi connectivity index (χ3v) is 3.05. The molecule has 0 saturated carbocycles. The maximum absolute atomic E-state index is 12.7. The third kappa shape index (κ3) is 5.29. The van der Waals surface area contributed by atoms with Crippen LogP contribution in [0.1, 0.15) is 29.3 Å². The molecule has 2 atom stereocenters. The molecule has 0 radical (unpaired) electrons. The van der Waals surface area contributed by atoms with Crippen molar-refractivity contribution in [2.24, 2.45) is 5.92 Å². The molecule has 0 aliphatic rings. The number of nitrogens with one attached hydrogen (secondary N) is 1. The first-order chi connectivity index (χ1) is 10.7. The number of methoxy groups -OCH3 is 1. The Bertz CT molecular complexity index is 623. The number of benzene rings is 1. The normalized spacial score (nSPS) is 13.6. The maximum atomic E-state index is 12.7. The van der Waals surface area contributed by atoms with Crippen LogP contribution in [0.4, 0.5) is 13.2 Å². The predicted molar refractivity (Wildman–Crippen MR) is 74.1 cm³/mol. The lowest BCUT2D eigenvalue weighted by Crippen LogP contribution is -2.42. The first kappa shape index (κ1) is 18.5. The molecule has 0 bridgehead atoms. The Kier molecular flexibility index (Phi) is 6.13. The van der Waals surface area contributed by atoms with Gasteiger partial charge in [0.15, 0.2) is 0 Å². The largest absolute Gasteiger partial charge is 0.467 e. The van der Waals surface area contributed by atoms with Gasteiger partial charge in [0.25, 0.3) is 5.91 Å². The fourth-order valence-corrected chi connectivity index (χ4v) is 1.84. The summed E-state index contributed by atoms with van der Waals surface area (Å²) in [4.78, 5) is 23.7. The van der Waals surface area contributed by atoms with E-state index in [0.717, 1.165) is 19.2 Å². The Morgan fingerprint density at radius 1 is 1.39 bits per heavy atom. The van der Waals surface area contributed by atoms with Crippen molar-refractivity contribution in [3.8, 4) is 6.07 Å². The lowest BCUT2D eigenvalue weighted by atomic mass is 10.0. The first-order valence-corrected chi connectivity index (χ1v) is 6.64. The molecule has 8 heteroatoms. The summed E-state index contributed by atoms with van der Waals surface area (Å²) in [5.41, 5.74) is -1.21. The van der Waals surface area contributed by atoms with Gasteiger partial charge in [-0.25, -0.2) is 4.79 Å². The van der Waals surface area contributed by atoms with Crippen LogP contribution in [0.15, 0.2) is 24.3 Å². The Morgan fingerprint density at radius 3 is 2.57 bits per heavy atom. The Morgan fingerprint density at radius 2 is 2.04 bits per heavy atom. The fraction of sp³-hybridized carbons (Fsp3) is 0.400. The summed E-state index contributed by atoms with van der Waals surface area (Å²) < 4.78 is 42.5. The Balaban J connectivity index is 2.95. The summed E-state index contributed by atoms with van der Waals surface area (Å²) in [7, 11) is 1.11. The van der Waals surface area contributed by atoms with E-state index in [1.807, 2.05) is 6.07 Å². The van der Waals surface area contributed by atoms with E-state index in [1.54, 1.807) is 6.92 Å². The van der Waals surface area contributed by atoms with Gasteiger partial charge in [-0.3, -0.25) is 4.79 Å². The smallest absolute Gasteiger partial charge is 0.416 e. The van der Waals surface area contributed by atoms with Crippen LogP contribution in [0.2, 0.25) is 0 Å². The second-order valence-electron chi connectivity index (χ2n) is 4.89. The van der Waals surface area contributed by atoms with E-state index >= 15 is 0 Å². The number of alkyl halides is 3. The number of rotatable bonds is 5. The van der Waals surface area contributed by atoms with Crippen molar-refractivity contribution in [2.75, 3.05) is 7.11 Å². The highest BCUT2D eigenvalue weighted by Gasteiger charge is 2.31. The van der Waals surface area contributed by atoms with E-state index in [9.17, 15) is 22.8 Å². The van der Waals surface area contributed by atoms with Gasteiger partial charge in [-0.1, -0.05) is 6.07 Å². The van der Waals surface area contributed by atoms with Crippen LogP contribution in [-0.4, -0.2) is 25.0 Å². The zero-order valence-corrected chi connectivity index (χ0v) is 12.5. The van der Waals surface area contributed by atoms with E-state index < -0.39 is 35.6 Å². The summed E-state index contributed by atoms with van der Waals surface area (Å²) in [6, 6.07) is 4.63. The summed E-state index contributed by atoms with van der Waals surface area (Å²) >= 11 is 0. The molecule has 0 fully saturated rings. The topological polar surface area (TPSA) is 79.2 Å². The molecule has 5 nitrogen and oxygen atoms in total. The van der Waals surface area contributed by atoms with Crippen LogP contribution in [-0.2, 0) is 15.7 Å². The molecule has 0 saturated heterocycles. The number of halogens is 3. The molecule has 1 amide bonds. The minimum Gasteiger partial charge on any atom is -0.467 e. The average molecular weight is 328 g/mol. The van der Waals surface area contributed by atoms with Crippen molar-refractivity contribution < 1.29 is 27.5 Å². The number of carbonyl (C=O) groups excluding carboxylic acids is 2. The first-order valence-electron chi connectivity index (χ1n) is 6.64. The Labute approximate surface area is 131 Å². The summed E-state index contributed by atoms with van der Waals surface area (Å²) in [5.74, 6) is -2.16. The van der Waals surface area contributed by atoms with Crippen molar-refractivity contribution in [3.63, 3.8) is 0 Å². The van der Waals surface area contributed by atoms with Crippen LogP contribution in [0.25, 0.3) is 0 Å². The van der Waals surface area contributed by atoms with Crippen LogP contribution in [0.5, 0.6) is 0 Å². The molecule has 0 unspecified atom stereocenters. The van der Waals surface area contributed by atoms with Gasteiger partial charge in [-0.15, -0.1) is 0 Å². The zero-order chi connectivity index (χ0) is 17.6. The molecule has 0 aliphatic carbocycles. The van der Waals surface area contributed by atoms with Gasteiger partial charge in [0.05, 0.1) is 18.7 Å². The lowest BCUT2D eigenvalue weighted by Gasteiger charge is -2.17. The fourth-order valence-electron chi connectivity index (χ4n) is 1.84. The second-order valence-corrected chi connectivity index (χ2v) is 4.89. The van der Waals surface area contributed by atoms with E-state index in [4.69, 9.17) is 5.26 Å². The van der Waals surface area contributed by atoms with Gasteiger partial charge in [-0.05, 0) is 31.5 Å². The van der Waals surface area contributed by atoms with Crippen LogP contribution in [0.3, 0.4) is 0 Å². The molecule has 0 heterocycles. The molecule has 0 aromatic heterocycles. The van der Waals surface area contributed by atoms with Crippen molar-refractivity contribution in [2.45, 2.75) is 25.6 Å². The van der Waals surface area contributed by atoms with Crippen molar-refractivity contribution in [1.29, 1.82) is 5.26 Å². The lowest BCUT2D eigenvalue weighted by molar-refractivity contribution is -0.143. The number of hydrogen-bond acceptors (Lipinski definition) is 4. The quantitative estimate of drug-likeness (QED) is 0.843. The van der Waals surface area contributed by atoms with Crippen molar-refractivity contribution in [3.05, 3.63) is 35.4 Å². The maximum Gasteiger partial charge on any atom is 0.416 e. The molecule has 1 rings (SSSR count). The van der Waals surface area contributed by atoms with Gasteiger partial charge < -0.3 is 10.1 Å². The van der Waals surface area contributed by atoms with Gasteiger partial charge in [0, 0.05) is 11.5 Å². The van der Waals surface area contributed by atoms with Crippen molar-refractivity contribution >= 4 is 11.9 Å². The number of carbonyl (C=O) groups is 2. The number of ether oxygens (including phenoxy) is 1. The van der Waals surface area contributed by atoms with Crippen LogP contribution >= 0.6 is 0 Å². The van der Waals surface area contributed by atoms with Crippen LogP contribution in [0, 0.1) is 17.2 Å². The van der Waals surface area contributed by atoms with E-state index in [0.29, 0.717) is 6.07 Å². The van der Waals surface area contributed by atoms with Gasteiger partial charge in [0.1, 0.15) is 6.04 Å². The number of esters is 1. The van der Waals surface area contributed by atoms with Gasteiger partial charge >= 0.3 is 12.1 Å². The SMILES string of the molecule is COC(=O)[C@@H](C[C@H](C)C#N)NC(=O)c1cccc(C(F)(F)F)c1. The number of nitriles is 1. The molecule has 0 spiro atoms. The number of hydrogen-bond donors (Lipinski definition) is 1. The van der Waals surface area contributed by atoms with E-state index in [-0.39, 0.29) is 12.0 Å². The monoisotopic (exact) mass is 328 g/mol. The molecular weight excluding hydrogens is 313 g/mol. The minimum atomic E-state index is -4.58. The van der Waals surface area contributed by atoms with E-state index in [2.05, 4.69) is 10.1 Å². The third-order valence-electron chi connectivity index (χ3n) is 3.05. The molecule has 1 aromatic rings. The standard InChI is InChI=1S/C15H15F3N2O3/c1-9(8-19)6-12(14(22)23-2)20-13(21)10-4-3-5-11(7-10)15(16,17)18/h3-5,7,9,12H,6H2,1-2H3,(H,20,21)/t9-,12+/m0/s1. The van der Waals surface area contributed by atoms with Gasteiger partial charge in [-0.2, -0.15) is 18.4 Å². The minimum absolute atomic E-state index is 0.00608.